The summed E-state index contributed by atoms with van der Waals surface area (Å²) in [5, 5.41) is 0. The molecular formula is C15H13NO3. The van der Waals surface area contributed by atoms with Gasteiger partial charge in [0.25, 0.3) is 0 Å². The molecule has 96 valence electrons. The van der Waals surface area contributed by atoms with E-state index in [4.69, 9.17) is 10.5 Å². The van der Waals surface area contributed by atoms with Gasteiger partial charge in [0.1, 0.15) is 0 Å². The SMILES string of the molecule is COC(=O)c1c(C(N)=O)cccc1-c1ccccc1. The number of nitrogens with two attached hydrogens (primary N) is 1. The van der Waals surface area contributed by atoms with E-state index >= 15 is 0 Å². The summed E-state index contributed by atoms with van der Waals surface area (Å²) in [7, 11) is 1.27. The van der Waals surface area contributed by atoms with Gasteiger partial charge in [0.2, 0.25) is 5.91 Å². The molecule has 0 spiro atoms. The summed E-state index contributed by atoms with van der Waals surface area (Å²) in [5.41, 5.74) is 7.12. The van der Waals surface area contributed by atoms with Gasteiger partial charge < -0.3 is 10.5 Å². The molecule has 0 aliphatic heterocycles. The summed E-state index contributed by atoms with van der Waals surface area (Å²) in [6, 6.07) is 14.3. The number of benzene rings is 2. The molecule has 0 saturated heterocycles. The first-order valence-corrected chi connectivity index (χ1v) is 5.71. The molecule has 0 radical (unpaired) electrons. The van der Waals surface area contributed by atoms with Gasteiger partial charge in [0, 0.05) is 0 Å². The molecule has 19 heavy (non-hydrogen) atoms. The predicted octanol–water partition coefficient (Wildman–Crippen LogP) is 2.24. The largest absolute Gasteiger partial charge is 0.465 e. The number of carbonyl (C=O) groups excluding carboxylic acids is 2. The van der Waals surface area contributed by atoms with Crippen LogP contribution in [0.4, 0.5) is 0 Å². The van der Waals surface area contributed by atoms with Crippen molar-refractivity contribution < 1.29 is 14.3 Å². The standard InChI is InChI=1S/C15H13NO3/c1-19-15(18)13-11(10-6-3-2-4-7-10)8-5-9-12(13)14(16)17/h2-9H,1H3,(H2,16,17). The summed E-state index contributed by atoms with van der Waals surface area (Å²) in [6.07, 6.45) is 0. The van der Waals surface area contributed by atoms with Crippen molar-refractivity contribution in [2.45, 2.75) is 0 Å². The number of carbonyl (C=O) groups is 2. The molecule has 0 unspecified atom stereocenters. The van der Waals surface area contributed by atoms with Crippen LogP contribution in [0.5, 0.6) is 0 Å². The summed E-state index contributed by atoms with van der Waals surface area (Å²) in [4.78, 5) is 23.3. The molecule has 2 aromatic rings. The number of amides is 1. The van der Waals surface area contributed by atoms with Gasteiger partial charge in [-0.05, 0) is 17.2 Å². The average Bonchev–Trinajstić information content (AvgIpc) is 2.46. The van der Waals surface area contributed by atoms with Gasteiger partial charge in [-0.3, -0.25) is 4.79 Å². The number of primary amides is 1. The Labute approximate surface area is 110 Å². The van der Waals surface area contributed by atoms with Crippen molar-refractivity contribution in [1.82, 2.24) is 0 Å². The maximum atomic E-state index is 11.9. The van der Waals surface area contributed by atoms with Crippen LogP contribution < -0.4 is 5.73 Å². The third-order valence-electron chi connectivity index (χ3n) is 2.80. The van der Waals surface area contributed by atoms with Crippen LogP contribution >= 0.6 is 0 Å². The maximum absolute atomic E-state index is 11.9. The topological polar surface area (TPSA) is 69.4 Å². The van der Waals surface area contributed by atoms with Gasteiger partial charge in [0.15, 0.2) is 0 Å². The highest BCUT2D eigenvalue weighted by Crippen LogP contribution is 2.26. The quantitative estimate of drug-likeness (QED) is 0.855. The molecule has 2 aromatic carbocycles. The van der Waals surface area contributed by atoms with Gasteiger partial charge in [0.05, 0.1) is 18.2 Å². The van der Waals surface area contributed by atoms with E-state index in [0.717, 1.165) is 5.56 Å². The smallest absolute Gasteiger partial charge is 0.339 e. The molecule has 0 atom stereocenters. The highest BCUT2D eigenvalue weighted by Gasteiger charge is 2.20. The second-order valence-electron chi connectivity index (χ2n) is 3.95. The lowest BCUT2D eigenvalue weighted by molar-refractivity contribution is 0.0598. The summed E-state index contributed by atoms with van der Waals surface area (Å²) in [6.45, 7) is 0. The fraction of sp³-hybridized carbons (Fsp3) is 0.0667. The van der Waals surface area contributed by atoms with Crippen LogP contribution in [0.25, 0.3) is 11.1 Å². The van der Waals surface area contributed by atoms with Gasteiger partial charge in [-0.25, -0.2) is 4.79 Å². The molecule has 2 N–H and O–H groups in total. The minimum absolute atomic E-state index is 0.160. The van der Waals surface area contributed by atoms with Gasteiger partial charge in [-0.2, -0.15) is 0 Å². The molecule has 4 heteroatoms. The average molecular weight is 255 g/mol. The number of esters is 1. The molecule has 0 aliphatic carbocycles. The van der Waals surface area contributed by atoms with Gasteiger partial charge in [-0.1, -0.05) is 42.5 Å². The lowest BCUT2D eigenvalue weighted by atomic mass is 9.95. The van der Waals surface area contributed by atoms with Crippen LogP contribution in [0.3, 0.4) is 0 Å². The van der Waals surface area contributed by atoms with Crippen molar-refractivity contribution in [3.8, 4) is 11.1 Å². The van der Waals surface area contributed by atoms with Crippen molar-refractivity contribution >= 4 is 11.9 Å². The normalized spacial score (nSPS) is 9.95. The Bertz CT molecular complexity index is 621. The Hall–Kier alpha value is -2.62. The molecule has 4 nitrogen and oxygen atoms in total. The van der Waals surface area contributed by atoms with Crippen molar-refractivity contribution in [3.63, 3.8) is 0 Å². The van der Waals surface area contributed by atoms with Crippen molar-refractivity contribution in [1.29, 1.82) is 0 Å². The molecule has 0 fully saturated rings. The van der Waals surface area contributed by atoms with Crippen LogP contribution in [-0.4, -0.2) is 19.0 Å². The first-order chi connectivity index (χ1) is 9.15. The molecule has 0 bridgehead atoms. The Kier molecular flexibility index (Phi) is 3.61. The van der Waals surface area contributed by atoms with Crippen LogP contribution in [0.15, 0.2) is 48.5 Å². The predicted molar refractivity (Wildman–Crippen MR) is 71.7 cm³/mol. The number of ether oxygens (including phenoxy) is 1. The van der Waals surface area contributed by atoms with Gasteiger partial charge in [-0.15, -0.1) is 0 Å². The van der Waals surface area contributed by atoms with Crippen LogP contribution in [-0.2, 0) is 4.74 Å². The Balaban J connectivity index is 2.71. The van der Waals surface area contributed by atoms with Crippen LogP contribution in [0.1, 0.15) is 20.7 Å². The third kappa shape index (κ3) is 2.47. The fourth-order valence-corrected chi connectivity index (χ4v) is 1.94. The minimum atomic E-state index is -0.654. The molecule has 0 heterocycles. The summed E-state index contributed by atoms with van der Waals surface area (Å²) < 4.78 is 4.74. The van der Waals surface area contributed by atoms with Crippen LogP contribution in [0.2, 0.25) is 0 Å². The molecule has 0 aliphatic rings. The molecule has 1 amide bonds. The number of hydrogen-bond donors (Lipinski definition) is 1. The Morgan fingerprint density at radius 3 is 2.26 bits per heavy atom. The van der Waals surface area contributed by atoms with E-state index in [-0.39, 0.29) is 11.1 Å². The lowest BCUT2D eigenvalue weighted by Crippen LogP contribution is -2.18. The number of methoxy groups -OCH3 is 1. The molecule has 2 rings (SSSR count). The number of rotatable bonds is 3. The first-order valence-electron chi connectivity index (χ1n) is 5.71. The second-order valence-corrected chi connectivity index (χ2v) is 3.95. The van der Waals surface area contributed by atoms with E-state index in [9.17, 15) is 9.59 Å². The Morgan fingerprint density at radius 2 is 1.68 bits per heavy atom. The fourth-order valence-electron chi connectivity index (χ4n) is 1.94. The van der Waals surface area contributed by atoms with Gasteiger partial charge >= 0.3 is 5.97 Å². The van der Waals surface area contributed by atoms with E-state index < -0.39 is 11.9 Å². The van der Waals surface area contributed by atoms with Crippen LogP contribution in [0, 0.1) is 0 Å². The number of hydrogen-bond acceptors (Lipinski definition) is 3. The van der Waals surface area contributed by atoms with Crippen molar-refractivity contribution in [2.24, 2.45) is 5.73 Å². The minimum Gasteiger partial charge on any atom is -0.465 e. The zero-order valence-electron chi connectivity index (χ0n) is 10.4. The second kappa shape index (κ2) is 5.35. The highest BCUT2D eigenvalue weighted by molar-refractivity contribution is 6.08. The van der Waals surface area contributed by atoms with E-state index in [2.05, 4.69) is 0 Å². The zero-order valence-corrected chi connectivity index (χ0v) is 10.4. The zero-order chi connectivity index (χ0) is 13.8. The van der Waals surface area contributed by atoms with Crippen molar-refractivity contribution in [3.05, 3.63) is 59.7 Å². The molecule has 0 aromatic heterocycles. The molecular weight excluding hydrogens is 242 g/mol. The van der Waals surface area contributed by atoms with E-state index in [1.165, 1.54) is 13.2 Å². The van der Waals surface area contributed by atoms with Crippen molar-refractivity contribution in [2.75, 3.05) is 7.11 Å². The molecule has 0 saturated carbocycles. The Morgan fingerprint density at radius 1 is 1.00 bits per heavy atom. The summed E-state index contributed by atoms with van der Waals surface area (Å²) >= 11 is 0. The summed E-state index contributed by atoms with van der Waals surface area (Å²) in [5.74, 6) is -1.23. The highest BCUT2D eigenvalue weighted by atomic mass is 16.5. The van der Waals surface area contributed by atoms with E-state index in [1.807, 2.05) is 30.3 Å². The lowest BCUT2D eigenvalue weighted by Gasteiger charge is -2.11. The van der Waals surface area contributed by atoms with E-state index in [0.29, 0.717) is 5.56 Å². The maximum Gasteiger partial charge on any atom is 0.339 e. The first kappa shape index (κ1) is 12.8. The monoisotopic (exact) mass is 255 g/mol. The third-order valence-corrected chi connectivity index (χ3v) is 2.80. The van der Waals surface area contributed by atoms with E-state index in [1.54, 1.807) is 12.1 Å².